The summed E-state index contributed by atoms with van der Waals surface area (Å²) in [6, 6.07) is 5.75. The molecule has 2 N–H and O–H groups in total. The quantitative estimate of drug-likeness (QED) is 0.876. The van der Waals surface area contributed by atoms with Crippen LogP contribution in [0.25, 0.3) is 0 Å². The number of carbonyl (C=O) groups excluding carboxylic acids is 1. The van der Waals surface area contributed by atoms with Crippen LogP contribution in [0, 0.1) is 19.8 Å². The van der Waals surface area contributed by atoms with Gasteiger partial charge in [-0.2, -0.15) is 0 Å². The van der Waals surface area contributed by atoms with E-state index in [2.05, 4.69) is 5.32 Å². The zero-order chi connectivity index (χ0) is 14.0. The molecule has 4 heteroatoms. The summed E-state index contributed by atoms with van der Waals surface area (Å²) in [4.78, 5) is 13.6. The topological polar surface area (TPSA) is 52.6 Å². The number of likely N-dealkylation sites (N-methyl/N-ethyl adjacent to an activating group) is 1. The number of nitrogens with zero attached hydrogens (tertiary/aromatic N) is 1. The van der Waals surface area contributed by atoms with Gasteiger partial charge in [0.1, 0.15) is 0 Å². The van der Waals surface area contributed by atoms with Crippen LogP contribution in [0.15, 0.2) is 18.2 Å². The van der Waals surface area contributed by atoms with Crippen molar-refractivity contribution in [2.45, 2.75) is 32.8 Å². The van der Waals surface area contributed by atoms with E-state index in [0.717, 1.165) is 24.1 Å². The number of carbonyl (C=O) groups is 1. The number of aliphatic hydroxyl groups excluding tert-OH is 1. The van der Waals surface area contributed by atoms with E-state index in [4.69, 9.17) is 0 Å². The monoisotopic (exact) mass is 262 g/mol. The smallest absolute Gasteiger partial charge is 0.321 e. The third kappa shape index (κ3) is 3.70. The largest absolute Gasteiger partial charge is 0.391 e. The lowest BCUT2D eigenvalue weighted by molar-refractivity contribution is 0.117. The molecule has 1 fully saturated rings. The fourth-order valence-corrected chi connectivity index (χ4v) is 2.16. The van der Waals surface area contributed by atoms with E-state index < -0.39 is 6.10 Å². The van der Waals surface area contributed by atoms with Gasteiger partial charge in [-0.1, -0.05) is 17.7 Å². The lowest BCUT2D eigenvalue weighted by Gasteiger charge is -2.21. The first-order chi connectivity index (χ1) is 8.97. The highest BCUT2D eigenvalue weighted by atomic mass is 16.3. The van der Waals surface area contributed by atoms with Crippen molar-refractivity contribution >= 4 is 11.7 Å². The Morgan fingerprint density at radius 2 is 2.16 bits per heavy atom. The Morgan fingerprint density at radius 1 is 1.47 bits per heavy atom. The highest BCUT2D eigenvalue weighted by molar-refractivity contribution is 5.90. The third-order valence-corrected chi connectivity index (χ3v) is 3.60. The van der Waals surface area contributed by atoms with Crippen LogP contribution in [-0.2, 0) is 0 Å². The van der Waals surface area contributed by atoms with Gasteiger partial charge in [-0.25, -0.2) is 4.79 Å². The molecule has 1 aromatic rings. The van der Waals surface area contributed by atoms with Gasteiger partial charge < -0.3 is 15.3 Å². The van der Waals surface area contributed by atoms with Gasteiger partial charge >= 0.3 is 6.03 Å². The van der Waals surface area contributed by atoms with Gasteiger partial charge in [0.05, 0.1) is 6.10 Å². The second-order valence-corrected chi connectivity index (χ2v) is 5.53. The van der Waals surface area contributed by atoms with E-state index in [1.54, 1.807) is 11.9 Å². The van der Waals surface area contributed by atoms with Crippen LogP contribution in [0.1, 0.15) is 24.0 Å². The molecule has 0 saturated heterocycles. The second-order valence-electron chi connectivity index (χ2n) is 5.53. The van der Waals surface area contributed by atoms with Gasteiger partial charge in [0.2, 0.25) is 0 Å². The summed E-state index contributed by atoms with van der Waals surface area (Å²) < 4.78 is 0. The molecule has 1 atom stereocenters. The average Bonchev–Trinajstić information content (AvgIpc) is 3.16. The Kier molecular flexibility index (Phi) is 4.10. The molecule has 0 spiro atoms. The molecule has 0 aliphatic heterocycles. The molecule has 0 bridgehead atoms. The van der Waals surface area contributed by atoms with Crippen LogP contribution in [0.4, 0.5) is 10.5 Å². The first-order valence-corrected chi connectivity index (χ1v) is 6.75. The summed E-state index contributed by atoms with van der Waals surface area (Å²) in [6.07, 6.45) is 1.76. The second kappa shape index (κ2) is 5.61. The molecular formula is C15H22N2O2. The number of aryl methyl sites for hydroxylation is 2. The van der Waals surface area contributed by atoms with Crippen LogP contribution < -0.4 is 5.32 Å². The molecule has 0 heterocycles. The number of rotatable bonds is 4. The Bertz CT molecular complexity index is 469. The Balaban J connectivity index is 1.91. The van der Waals surface area contributed by atoms with Crippen molar-refractivity contribution in [3.05, 3.63) is 29.3 Å². The normalized spacial score (nSPS) is 16.0. The fourth-order valence-electron chi connectivity index (χ4n) is 2.16. The Morgan fingerprint density at radius 3 is 2.74 bits per heavy atom. The molecule has 0 radical (unpaired) electrons. The zero-order valence-electron chi connectivity index (χ0n) is 11.8. The minimum atomic E-state index is -0.394. The molecule has 1 unspecified atom stereocenters. The maximum atomic E-state index is 12.0. The first kappa shape index (κ1) is 13.9. The molecule has 2 rings (SSSR count). The van der Waals surface area contributed by atoms with E-state index in [1.165, 1.54) is 5.56 Å². The van der Waals surface area contributed by atoms with Crippen LogP contribution in [0.3, 0.4) is 0 Å². The van der Waals surface area contributed by atoms with Gasteiger partial charge in [-0.3, -0.25) is 0 Å². The summed E-state index contributed by atoms with van der Waals surface area (Å²) >= 11 is 0. The van der Waals surface area contributed by atoms with Crippen molar-refractivity contribution in [2.75, 3.05) is 18.9 Å². The first-order valence-electron chi connectivity index (χ1n) is 6.75. The number of hydrogen-bond donors (Lipinski definition) is 2. The minimum Gasteiger partial charge on any atom is -0.391 e. The Hall–Kier alpha value is -1.55. The predicted molar refractivity (Wildman–Crippen MR) is 76.3 cm³/mol. The van der Waals surface area contributed by atoms with E-state index in [1.807, 2.05) is 32.0 Å². The van der Waals surface area contributed by atoms with Crippen LogP contribution in [0.2, 0.25) is 0 Å². The molecule has 0 aromatic heterocycles. The SMILES string of the molecule is Cc1ccc(NC(=O)N(C)CC(O)C2CC2)c(C)c1. The van der Waals surface area contributed by atoms with Crippen molar-refractivity contribution in [1.82, 2.24) is 4.90 Å². The van der Waals surface area contributed by atoms with Crippen molar-refractivity contribution in [2.24, 2.45) is 5.92 Å². The summed E-state index contributed by atoms with van der Waals surface area (Å²) in [5, 5.41) is 12.7. The molecule has 104 valence electrons. The number of urea groups is 1. The number of anilines is 1. The van der Waals surface area contributed by atoms with Crippen LogP contribution in [-0.4, -0.2) is 35.7 Å². The molecule has 1 aromatic carbocycles. The number of nitrogens with one attached hydrogen (secondary N) is 1. The molecule has 19 heavy (non-hydrogen) atoms. The van der Waals surface area contributed by atoms with E-state index >= 15 is 0 Å². The van der Waals surface area contributed by atoms with Gasteiger partial charge in [0.25, 0.3) is 0 Å². The standard InChI is InChI=1S/C15H22N2O2/c1-10-4-7-13(11(2)8-10)16-15(19)17(3)9-14(18)12-5-6-12/h4,7-8,12,14,18H,5-6,9H2,1-3H3,(H,16,19). The molecule has 1 aliphatic rings. The molecular weight excluding hydrogens is 240 g/mol. The van der Waals surface area contributed by atoms with Gasteiger partial charge in [0.15, 0.2) is 0 Å². The van der Waals surface area contributed by atoms with Crippen LogP contribution in [0.5, 0.6) is 0 Å². The van der Waals surface area contributed by atoms with Crippen molar-refractivity contribution < 1.29 is 9.90 Å². The van der Waals surface area contributed by atoms with Crippen molar-refractivity contribution in [1.29, 1.82) is 0 Å². The highest BCUT2D eigenvalue weighted by Gasteiger charge is 2.31. The lowest BCUT2D eigenvalue weighted by atomic mass is 10.1. The van der Waals surface area contributed by atoms with E-state index in [0.29, 0.717) is 12.5 Å². The summed E-state index contributed by atoms with van der Waals surface area (Å²) in [6.45, 7) is 4.39. The van der Waals surface area contributed by atoms with Crippen LogP contribution >= 0.6 is 0 Å². The number of benzene rings is 1. The predicted octanol–water partition coefficient (Wildman–Crippen LogP) is 2.54. The maximum Gasteiger partial charge on any atom is 0.321 e. The van der Waals surface area contributed by atoms with Crippen molar-refractivity contribution in [3.63, 3.8) is 0 Å². The van der Waals surface area contributed by atoms with Crippen molar-refractivity contribution in [3.8, 4) is 0 Å². The summed E-state index contributed by atoms with van der Waals surface area (Å²) in [5.41, 5.74) is 3.04. The van der Waals surface area contributed by atoms with Gasteiger partial charge in [-0.05, 0) is 44.2 Å². The van der Waals surface area contributed by atoms with E-state index in [9.17, 15) is 9.90 Å². The third-order valence-electron chi connectivity index (χ3n) is 3.60. The molecule has 4 nitrogen and oxygen atoms in total. The number of hydrogen-bond acceptors (Lipinski definition) is 2. The highest BCUT2D eigenvalue weighted by Crippen LogP contribution is 2.32. The fraction of sp³-hybridized carbons (Fsp3) is 0.533. The number of amides is 2. The maximum absolute atomic E-state index is 12.0. The lowest BCUT2D eigenvalue weighted by Crippen LogP contribution is -2.38. The zero-order valence-corrected chi connectivity index (χ0v) is 11.8. The molecule has 1 aliphatic carbocycles. The Labute approximate surface area is 114 Å². The minimum absolute atomic E-state index is 0.174. The van der Waals surface area contributed by atoms with Gasteiger partial charge in [0, 0.05) is 19.3 Å². The average molecular weight is 262 g/mol. The summed E-state index contributed by atoms with van der Waals surface area (Å²) in [5.74, 6) is 0.386. The van der Waals surface area contributed by atoms with Gasteiger partial charge in [-0.15, -0.1) is 0 Å². The van der Waals surface area contributed by atoms with E-state index in [-0.39, 0.29) is 6.03 Å². The molecule has 2 amide bonds. The summed E-state index contributed by atoms with van der Waals surface area (Å²) in [7, 11) is 1.71. The number of aliphatic hydroxyl groups is 1. The molecule has 1 saturated carbocycles.